The fourth-order valence-corrected chi connectivity index (χ4v) is 2.20. The van der Waals surface area contributed by atoms with Crippen LogP contribution in [0.1, 0.15) is 26.3 Å². The highest BCUT2D eigenvalue weighted by Crippen LogP contribution is 2.28. The predicted molar refractivity (Wildman–Crippen MR) is 105 cm³/mol. The summed E-state index contributed by atoms with van der Waals surface area (Å²) in [5, 5.41) is 4.98. The lowest BCUT2D eigenvalue weighted by atomic mass is 10.2. The van der Waals surface area contributed by atoms with Gasteiger partial charge in [0.1, 0.15) is 35.2 Å². The summed E-state index contributed by atoms with van der Waals surface area (Å²) < 4.78 is 16.1. The summed E-state index contributed by atoms with van der Waals surface area (Å²) in [7, 11) is 1.59. The van der Waals surface area contributed by atoms with Crippen molar-refractivity contribution < 1.29 is 23.8 Å². The van der Waals surface area contributed by atoms with Crippen LogP contribution in [0.3, 0.4) is 0 Å². The molecule has 8 nitrogen and oxygen atoms in total. The first-order chi connectivity index (χ1) is 13.2. The van der Waals surface area contributed by atoms with E-state index in [9.17, 15) is 9.59 Å². The van der Waals surface area contributed by atoms with E-state index in [4.69, 9.17) is 14.2 Å². The number of nitrogens with zero attached hydrogens (tertiary/aromatic N) is 1. The zero-order valence-corrected chi connectivity index (χ0v) is 16.7. The molecule has 0 radical (unpaired) electrons. The number of ether oxygens (including phenoxy) is 3. The predicted octanol–water partition coefficient (Wildman–Crippen LogP) is 3.65. The lowest BCUT2D eigenvalue weighted by Gasteiger charge is -2.19. The third kappa shape index (κ3) is 6.79. The Bertz CT molecular complexity index is 846. The fraction of sp³-hybridized carbons (Fsp3) is 0.350. The molecule has 1 heterocycles. The summed E-state index contributed by atoms with van der Waals surface area (Å²) in [5.74, 6) is 1.67. The molecular weight excluding hydrogens is 362 g/mol. The number of anilines is 1. The second-order valence-corrected chi connectivity index (χ2v) is 7.01. The number of carbonyl (C=O) groups excluding carboxylic acids is 2. The molecule has 0 aliphatic heterocycles. The minimum absolute atomic E-state index is 0.239. The minimum Gasteiger partial charge on any atom is -0.496 e. The van der Waals surface area contributed by atoms with E-state index in [1.54, 1.807) is 46.1 Å². The molecule has 0 unspecified atom stereocenters. The molecule has 8 heteroatoms. The molecule has 0 saturated carbocycles. The van der Waals surface area contributed by atoms with E-state index in [-0.39, 0.29) is 6.54 Å². The van der Waals surface area contributed by atoms with Crippen LogP contribution in [0.5, 0.6) is 17.2 Å². The van der Waals surface area contributed by atoms with E-state index in [0.717, 1.165) is 5.56 Å². The van der Waals surface area contributed by atoms with Gasteiger partial charge in [-0.2, -0.15) is 0 Å². The number of carbonyl (C=O) groups is 2. The number of aromatic nitrogens is 1. The molecule has 1 aromatic heterocycles. The van der Waals surface area contributed by atoms with Gasteiger partial charge in [-0.3, -0.25) is 4.79 Å². The molecule has 0 bridgehead atoms. The Kier molecular flexibility index (Phi) is 6.81. The topological polar surface area (TPSA) is 98.8 Å². The number of benzene rings is 1. The Morgan fingerprint density at radius 2 is 1.82 bits per heavy atom. The lowest BCUT2D eigenvalue weighted by Crippen LogP contribution is -2.37. The molecule has 2 N–H and O–H groups in total. The quantitative estimate of drug-likeness (QED) is 0.785. The normalized spacial score (nSPS) is 10.8. The van der Waals surface area contributed by atoms with Crippen LogP contribution in [0.15, 0.2) is 36.5 Å². The molecule has 0 aliphatic carbocycles. The minimum atomic E-state index is -0.666. The number of amides is 2. The molecule has 1 aromatic carbocycles. The Labute approximate surface area is 164 Å². The maximum Gasteiger partial charge on any atom is 0.408 e. The summed E-state index contributed by atoms with van der Waals surface area (Å²) in [5.41, 5.74) is 0.363. The van der Waals surface area contributed by atoms with Gasteiger partial charge in [0.15, 0.2) is 0 Å². The first kappa shape index (κ1) is 21.0. The van der Waals surface area contributed by atoms with Crippen molar-refractivity contribution in [3.8, 4) is 17.2 Å². The first-order valence-corrected chi connectivity index (χ1v) is 8.71. The Hall–Kier alpha value is -3.29. The lowest BCUT2D eigenvalue weighted by molar-refractivity contribution is -0.115. The molecule has 0 spiro atoms. The number of alkyl carbamates (subject to hydrolysis) is 1. The van der Waals surface area contributed by atoms with Gasteiger partial charge in [-0.15, -0.1) is 0 Å². The van der Waals surface area contributed by atoms with Crippen molar-refractivity contribution in [2.45, 2.75) is 33.3 Å². The number of hydrogen-bond acceptors (Lipinski definition) is 6. The summed E-state index contributed by atoms with van der Waals surface area (Å²) in [6, 6.07) is 8.74. The van der Waals surface area contributed by atoms with Crippen LogP contribution in [0.4, 0.5) is 10.6 Å². The van der Waals surface area contributed by atoms with Crippen molar-refractivity contribution in [2.24, 2.45) is 0 Å². The number of pyridine rings is 1. The van der Waals surface area contributed by atoms with E-state index in [2.05, 4.69) is 15.6 Å². The third-order valence-electron chi connectivity index (χ3n) is 3.41. The van der Waals surface area contributed by atoms with Gasteiger partial charge in [-0.1, -0.05) is 6.07 Å². The number of aryl methyl sites for hydroxylation is 1. The van der Waals surface area contributed by atoms with E-state index in [0.29, 0.717) is 23.1 Å². The summed E-state index contributed by atoms with van der Waals surface area (Å²) in [6.07, 6.45) is 0.846. The van der Waals surface area contributed by atoms with E-state index >= 15 is 0 Å². The second kappa shape index (κ2) is 9.07. The molecule has 2 rings (SSSR count). The van der Waals surface area contributed by atoms with Gasteiger partial charge in [0, 0.05) is 18.3 Å². The van der Waals surface area contributed by atoms with Crippen LogP contribution in [-0.4, -0.2) is 36.2 Å². The van der Waals surface area contributed by atoms with E-state index < -0.39 is 17.6 Å². The highest BCUT2D eigenvalue weighted by molar-refractivity contribution is 5.93. The van der Waals surface area contributed by atoms with Gasteiger partial charge in [-0.05, 0) is 45.4 Å². The molecule has 0 atom stereocenters. The van der Waals surface area contributed by atoms with Gasteiger partial charge >= 0.3 is 6.09 Å². The molecule has 28 heavy (non-hydrogen) atoms. The molecule has 2 amide bonds. The van der Waals surface area contributed by atoms with Crippen molar-refractivity contribution >= 4 is 17.8 Å². The maximum atomic E-state index is 12.0. The highest BCUT2D eigenvalue weighted by Gasteiger charge is 2.16. The molecule has 0 aliphatic rings. The monoisotopic (exact) mass is 387 g/mol. The molecule has 0 saturated heterocycles. The van der Waals surface area contributed by atoms with Crippen molar-refractivity contribution in [1.82, 2.24) is 10.3 Å². The van der Waals surface area contributed by atoms with Crippen molar-refractivity contribution in [3.63, 3.8) is 0 Å². The average Bonchev–Trinajstić information content (AvgIpc) is 2.60. The molecule has 2 aromatic rings. The van der Waals surface area contributed by atoms with Crippen LogP contribution in [0, 0.1) is 6.92 Å². The van der Waals surface area contributed by atoms with Crippen LogP contribution >= 0.6 is 0 Å². The highest BCUT2D eigenvalue weighted by atomic mass is 16.6. The smallest absolute Gasteiger partial charge is 0.408 e. The van der Waals surface area contributed by atoms with Gasteiger partial charge in [0.25, 0.3) is 0 Å². The maximum absolute atomic E-state index is 12.0. The third-order valence-corrected chi connectivity index (χ3v) is 3.41. The van der Waals surface area contributed by atoms with Gasteiger partial charge in [-0.25, -0.2) is 9.78 Å². The van der Waals surface area contributed by atoms with Crippen LogP contribution in [0.25, 0.3) is 0 Å². The Morgan fingerprint density at radius 1 is 1.11 bits per heavy atom. The Morgan fingerprint density at radius 3 is 2.50 bits per heavy atom. The zero-order valence-electron chi connectivity index (χ0n) is 16.7. The van der Waals surface area contributed by atoms with E-state index in [1.165, 1.54) is 6.20 Å². The van der Waals surface area contributed by atoms with Crippen molar-refractivity contribution in [3.05, 3.63) is 42.1 Å². The zero-order chi connectivity index (χ0) is 20.7. The van der Waals surface area contributed by atoms with Gasteiger partial charge in [0.05, 0.1) is 7.11 Å². The Balaban J connectivity index is 1.94. The first-order valence-electron chi connectivity index (χ1n) is 8.71. The molecule has 150 valence electrons. The van der Waals surface area contributed by atoms with Gasteiger partial charge in [0.2, 0.25) is 5.91 Å². The molecule has 0 fully saturated rings. The van der Waals surface area contributed by atoms with Crippen LogP contribution in [0.2, 0.25) is 0 Å². The standard InChI is InChI=1S/C20H25N3O5/c1-13-6-7-14(10-16(13)26-5)27-15-8-9-21-17(11-15)23-18(24)12-22-19(25)28-20(2,3)4/h6-11H,12H2,1-5H3,(H,22,25)(H,21,23,24). The largest absolute Gasteiger partial charge is 0.496 e. The number of methoxy groups -OCH3 is 1. The number of nitrogens with one attached hydrogen (secondary N) is 2. The van der Waals surface area contributed by atoms with Crippen molar-refractivity contribution in [2.75, 3.05) is 19.0 Å². The fourth-order valence-electron chi connectivity index (χ4n) is 2.20. The van der Waals surface area contributed by atoms with E-state index in [1.807, 2.05) is 19.1 Å². The summed E-state index contributed by atoms with van der Waals surface area (Å²) >= 11 is 0. The summed E-state index contributed by atoms with van der Waals surface area (Å²) in [6.45, 7) is 6.92. The van der Waals surface area contributed by atoms with Crippen molar-refractivity contribution in [1.29, 1.82) is 0 Å². The SMILES string of the molecule is COc1cc(Oc2ccnc(NC(=O)CNC(=O)OC(C)(C)C)c2)ccc1C. The van der Waals surface area contributed by atoms with Crippen LogP contribution < -0.4 is 20.1 Å². The van der Waals surface area contributed by atoms with Crippen LogP contribution in [-0.2, 0) is 9.53 Å². The molecular formula is C20H25N3O5. The number of rotatable bonds is 6. The number of hydrogen-bond donors (Lipinski definition) is 2. The second-order valence-electron chi connectivity index (χ2n) is 7.01. The van der Waals surface area contributed by atoms with Gasteiger partial charge < -0.3 is 24.8 Å². The summed E-state index contributed by atoms with van der Waals surface area (Å²) in [4.78, 5) is 27.7. The average molecular weight is 387 g/mol.